The number of carbonyl (C=O) groups is 1. The quantitative estimate of drug-likeness (QED) is 0.546. The van der Waals surface area contributed by atoms with E-state index in [9.17, 15) is 4.79 Å². The summed E-state index contributed by atoms with van der Waals surface area (Å²) in [5.41, 5.74) is 9.64. The van der Waals surface area contributed by atoms with Crippen LogP contribution in [-0.4, -0.2) is 21.0 Å². The SMILES string of the molecule is Nc1ccc(C(=O)O)cc1Nc1ccc2nc[nH]c2c1. The van der Waals surface area contributed by atoms with Crippen molar-refractivity contribution < 1.29 is 9.90 Å². The molecular formula is C14H12N4O2. The van der Waals surface area contributed by atoms with Gasteiger partial charge in [0.2, 0.25) is 0 Å². The number of aromatic carboxylic acids is 1. The van der Waals surface area contributed by atoms with Gasteiger partial charge in [-0.15, -0.1) is 0 Å². The van der Waals surface area contributed by atoms with Crippen LogP contribution in [0.2, 0.25) is 0 Å². The third kappa shape index (κ3) is 2.14. The van der Waals surface area contributed by atoms with E-state index in [1.54, 1.807) is 12.4 Å². The molecule has 0 aliphatic rings. The lowest BCUT2D eigenvalue weighted by Crippen LogP contribution is -2.01. The molecule has 0 fully saturated rings. The number of nitrogens with zero attached hydrogens (tertiary/aromatic N) is 1. The van der Waals surface area contributed by atoms with E-state index >= 15 is 0 Å². The van der Waals surface area contributed by atoms with Gasteiger partial charge in [0.15, 0.2) is 0 Å². The number of nitrogen functional groups attached to an aromatic ring is 1. The Morgan fingerprint density at radius 2 is 2.10 bits per heavy atom. The van der Waals surface area contributed by atoms with Gasteiger partial charge in [0.05, 0.1) is 34.3 Å². The predicted molar refractivity (Wildman–Crippen MR) is 77.2 cm³/mol. The van der Waals surface area contributed by atoms with Crippen molar-refractivity contribution in [2.75, 3.05) is 11.1 Å². The maximum Gasteiger partial charge on any atom is 0.335 e. The minimum atomic E-state index is -0.989. The maximum absolute atomic E-state index is 11.0. The summed E-state index contributed by atoms with van der Waals surface area (Å²) < 4.78 is 0. The fraction of sp³-hybridized carbons (Fsp3) is 0. The molecule has 3 rings (SSSR count). The van der Waals surface area contributed by atoms with Crippen LogP contribution in [0.5, 0.6) is 0 Å². The Labute approximate surface area is 114 Å². The fourth-order valence-electron chi connectivity index (χ4n) is 1.97. The Hall–Kier alpha value is -3.02. The lowest BCUT2D eigenvalue weighted by Gasteiger charge is -2.10. The summed E-state index contributed by atoms with van der Waals surface area (Å²) in [6.45, 7) is 0. The van der Waals surface area contributed by atoms with Gasteiger partial charge in [-0.2, -0.15) is 0 Å². The second kappa shape index (κ2) is 4.58. The number of carboxylic acids is 1. The van der Waals surface area contributed by atoms with Gasteiger partial charge in [-0.1, -0.05) is 0 Å². The van der Waals surface area contributed by atoms with Gasteiger partial charge in [-0.3, -0.25) is 0 Å². The van der Waals surface area contributed by atoms with Crippen LogP contribution in [0.25, 0.3) is 11.0 Å². The highest BCUT2D eigenvalue weighted by Gasteiger charge is 2.07. The van der Waals surface area contributed by atoms with E-state index in [1.807, 2.05) is 18.2 Å². The van der Waals surface area contributed by atoms with E-state index < -0.39 is 5.97 Å². The predicted octanol–water partition coefficient (Wildman–Crippen LogP) is 2.59. The van der Waals surface area contributed by atoms with Crippen LogP contribution in [0.15, 0.2) is 42.7 Å². The molecule has 0 spiro atoms. The molecule has 0 aliphatic carbocycles. The van der Waals surface area contributed by atoms with Gasteiger partial charge in [0.1, 0.15) is 0 Å². The molecule has 0 bridgehead atoms. The molecule has 0 amide bonds. The summed E-state index contributed by atoms with van der Waals surface area (Å²) in [5, 5.41) is 12.1. The number of benzene rings is 2. The van der Waals surface area contributed by atoms with Crippen LogP contribution in [0, 0.1) is 0 Å². The number of carboxylic acid groups (broad SMARTS) is 1. The molecule has 3 aromatic rings. The molecule has 2 aromatic carbocycles. The van der Waals surface area contributed by atoms with Crippen LogP contribution >= 0.6 is 0 Å². The molecular weight excluding hydrogens is 256 g/mol. The van der Waals surface area contributed by atoms with E-state index in [-0.39, 0.29) is 5.56 Å². The molecule has 100 valence electrons. The minimum Gasteiger partial charge on any atom is -0.478 e. The number of anilines is 3. The van der Waals surface area contributed by atoms with Crippen molar-refractivity contribution in [1.82, 2.24) is 9.97 Å². The highest BCUT2D eigenvalue weighted by Crippen LogP contribution is 2.26. The lowest BCUT2D eigenvalue weighted by atomic mass is 10.1. The van der Waals surface area contributed by atoms with Gasteiger partial charge in [0, 0.05) is 5.69 Å². The molecule has 0 atom stereocenters. The van der Waals surface area contributed by atoms with E-state index in [0.29, 0.717) is 11.4 Å². The van der Waals surface area contributed by atoms with E-state index in [2.05, 4.69) is 15.3 Å². The van der Waals surface area contributed by atoms with Crippen LogP contribution in [0.1, 0.15) is 10.4 Å². The number of hydrogen-bond acceptors (Lipinski definition) is 4. The number of aromatic amines is 1. The van der Waals surface area contributed by atoms with Crippen LogP contribution in [-0.2, 0) is 0 Å². The van der Waals surface area contributed by atoms with Crippen molar-refractivity contribution in [3.63, 3.8) is 0 Å². The monoisotopic (exact) mass is 268 g/mol. The van der Waals surface area contributed by atoms with Gasteiger partial charge in [0.25, 0.3) is 0 Å². The summed E-state index contributed by atoms with van der Waals surface area (Å²) in [6.07, 6.45) is 1.62. The highest BCUT2D eigenvalue weighted by molar-refractivity contribution is 5.91. The molecule has 0 saturated heterocycles. The molecule has 0 unspecified atom stereocenters. The molecule has 0 saturated carbocycles. The fourth-order valence-corrected chi connectivity index (χ4v) is 1.97. The van der Waals surface area contributed by atoms with Crippen molar-refractivity contribution in [3.8, 4) is 0 Å². The standard InChI is InChI=1S/C14H12N4O2/c15-10-3-1-8(14(19)20)5-12(10)18-9-2-4-11-13(6-9)17-7-16-11/h1-7,18H,15H2,(H,16,17)(H,19,20). The van der Waals surface area contributed by atoms with Crippen LogP contribution < -0.4 is 11.1 Å². The topological polar surface area (TPSA) is 104 Å². The Morgan fingerprint density at radius 3 is 2.90 bits per heavy atom. The molecule has 5 N–H and O–H groups in total. The minimum absolute atomic E-state index is 0.185. The number of fused-ring (bicyclic) bond motifs is 1. The van der Waals surface area contributed by atoms with Crippen LogP contribution in [0.3, 0.4) is 0 Å². The second-order valence-corrected chi connectivity index (χ2v) is 4.37. The Kier molecular flexibility index (Phi) is 2.76. The first-order chi connectivity index (χ1) is 9.63. The average molecular weight is 268 g/mol. The van der Waals surface area contributed by atoms with Crippen LogP contribution in [0.4, 0.5) is 17.1 Å². The molecule has 1 heterocycles. The summed E-state index contributed by atoms with van der Waals surface area (Å²) in [4.78, 5) is 18.1. The number of hydrogen-bond donors (Lipinski definition) is 4. The Bertz CT molecular complexity index is 795. The zero-order valence-corrected chi connectivity index (χ0v) is 10.4. The lowest BCUT2D eigenvalue weighted by molar-refractivity contribution is 0.0697. The maximum atomic E-state index is 11.0. The Morgan fingerprint density at radius 1 is 1.25 bits per heavy atom. The molecule has 6 heteroatoms. The van der Waals surface area contributed by atoms with Crippen molar-refractivity contribution in [2.45, 2.75) is 0 Å². The average Bonchev–Trinajstić information content (AvgIpc) is 2.88. The largest absolute Gasteiger partial charge is 0.478 e. The van der Waals surface area contributed by atoms with Gasteiger partial charge in [-0.25, -0.2) is 9.78 Å². The number of aromatic nitrogens is 2. The molecule has 0 aliphatic heterocycles. The smallest absolute Gasteiger partial charge is 0.335 e. The van der Waals surface area contributed by atoms with Gasteiger partial charge >= 0.3 is 5.97 Å². The summed E-state index contributed by atoms with van der Waals surface area (Å²) in [5.74, 6) is -0.989. The number of imidazole rings is 1. The Balaban J connectivity index is 1.97. The third-order valence-corrected chi connectivity index (χ3v) is 3.00. The molecule has 6 nitrogen and oxygen atoms in total. The number of nitrogens with one attached hydrogen (secondary N) is 2. The molecule has 0 radical (unpaired) electrons. The summed E-state index contributed by atoms with van der Waals surface area (Å²) >= 11 is 0. The first-order valence-corrected chi connectivity index (χ1v) is 5.96. The third-order valence-electron chi connectivity index (χ3n) is 3.00. The summed E-state index contributed by atoms with van der Waals surface area (Å²) in [6, 6.07) is 10.2. The van der Waals surface area contributed by atoms with Crippen molar-refractivity contribution in [3.05, 3.63) is 48.3 Å². The molecule has 20 heavy (non-hydrogen) atoms. The van der Waals surface area contributed by atoms with Crippen molar-refractivity contribution in [2.24, 2.45) is 0 Å². The van der Waals surface area contributed by atoms with Crippen molar-refractivity contribution >= 4 is 34.1 Å². The number of H-pyrrole nitrogens is 1. The van der Waals surface area contributed by atoms with Crippen molar-refractivity contribution in [1.29, 1.82) is 0 Å². The zero-order chi connectivity index (χ0) is 14.1. The molecule has 1 aromatic heterocycles. The van der Waals surface area contributed by atoms with E-state index in [0.717, 1.165) is 16.7 Å². The van der Waals surface area contributed by atoms with Gasteiger partial charge in [-0.05, 0) is 36.4 Å². The van der Waals surface area contributed by atoms with E-state index in [4.69, 9.17) is 10.8 Å². The normalized spacial score (nSPS) is 10.6. The number of rotatable bonds is 3. The first kappa shape index (κ1) is 12.0. The van der Waals surface area contributed by atoms with E-state index in [1.165, 1.54) is 12.1 Å². The highest BCUT2D eigenvalue weighted by atomic mass is 16.4. The second-order valence-electron chi connectivity index (χ2n) is 4.37. The first-order valence-electron chi connectivity index (χ1n) is 5.96. The summed E-state index contributed by atoms with van der Waals surface area (Å²) in [7, 11) is 0. The zero-order valence-electron chi connectivity index (χ0n) is 10.4. The van der Waals surface area contributed by atoms with Gasteiger partial charge < -0.3 is 21.1 Å². The number of nitrogens with two attached hydrogens (primary N) is 1.